The number of benzene rings is 1. The quantitative estimate of drug-likeness (QED) is 0.256. The van der Waals surface area contributed by atoms with E-state index in [-0.39, 0.29) is 124 Å². The van der Waals surface area contributed by atoms with Crippen LogP contribution in [0.5, 0.6) is 0 Å². The topological polar surface area (TPSA) is 126 Å². The van der Waals surface area contributed by atoms with Crippen LogP contribution in [-0.4, -0.2) is 5.40 Å². The maximum Gasteiger partial charge on any atom is 1.00 e. The third-order valence-corrected chi connectivity index (χ3v) is 6.18. The summed E-state index contributed by atoms with van der Waals surface area (Å²) in [6.07, 6.45) is 2.76. The van der Waals surface area contributed by atoms with Gasteiger partial charge in [-0.15, -0.1) is 0 Å². The van der Waals surface area contributed by atoms with Crippen molar-refractivity contribution in [3.05, 3.63) is 53.6 Å². The summed E-state index contributed by atoms with van der Waals surface area (Å²) in [5.74, 6) is 0. The van der Waals surface area contributed by atoms with Gasteiger partial charge in [0.1, 0.15) is 0 Å². The van der Waals surface area contributed by atoms with E-state index in [4.69, 9.17) is 0 Å². The summed E-state index contributed by atoms with van der Waals surface area (Å²) >= 11 is 0. The van der Waals surface area contributed by atoms with Gasteiger partial charge < -0.3 is 28.7 Å². The smallest absolute Gasteiger partial charge is 0.810 e. The number of hydrogen-bond donors (Lipinski definition) is 0. The molecule has 12 heteroatoms. The summed E-state index contributed by atoms with van der Waals surface area (Å²) < 4.78 is 21.9. The molecule has 0 bridgehead atoms. The molecule has 0 radical (unpaired) electrons. The molecule has 0 saturated heterocycles. The second-order valence-corrected chi connectivity index (χ2v) is 8.50. The summed E-state index contributed by atoms with van der Waals surface area (Å²) in [4.78, 5) is 43.8. The van der Waals surface area contributed by atoms with Crippen LogP contribution in [0.2, 0.25) is 0 Å². The van der Waals surface area contributed by atoms with Gasteiger partial charge in [0.15, 0.2) is 0 Å². The van der Waals surface area contributed by atoms with Crippen LogP contribution in [0.25, 0.3) is 6.08 Å². The minimum absolute atomic E-state index is 0. The molecular weight excluding hydrogens is 406 g/mol. The first-order valence-corrected chi connectivity index (χ1v) is 9.18. The molecule has 0 fully saturated rings. The second-order valence-electron chi connectivity index (χ2n) is 4.69. The molecule has 0 aliphatic heterocycles. The average Bonchev–Trinajstić information content (AvgIpc) is 2.31. The maximum absolute atomic E-state index is 11.0. The monoisotopic (exact) mass is 420 g/mol. The Bertz CT molecular complexity index is 634. The van der Waals surface area contributed by atoms with Crippen LogP contribution in [0.4, 0.5) is 0 Å². The van der Waals surface area contributed by atoms with Crippen LogP contribution >= 0.6 is 15.2 Å². The van der Waals surface area contributed by atoms with Crippen molar-refractivity contribution in [3.63, 3.8) is 0 Å². The van der Waals surface area contributed by atoms with Crippen molar-refractivity contribution < 1.29 is 147 Å². The Morgan fingerprint density at radius 1 is 1.08 bits per heavy atom. The van der Waals surface area contributed by atoms with Gasteiger partial charge in [-0.25, -0.2) is 0 Å². The van der Waals surface area contributed by atoms with Crippen LogP contribution in [-0.2, 0) is 15.6 Å². The Balaban J connectivity index is -0.000000551. The molecule has 0 aliphatic carbocycles. The summed E-state index contributed by atoms with van der Waals surface area (Å²) in [5, 5.41) is -2.47. The third kappa shape index (κ3) is 14.6. The molecule has 0 saturated carbocycles. The van der Waals surface area contributed by atoms with E-state index in [0.717, 1.165) is 5.57 Å². The minimum Gasteiger partial charge on any atom is -0.810 e. The number of hydrogen-bond acceptors (Lipinski definition) is 6. The van der Waals surface area contributed by atoms with Gasteiger partial charge >= 0.3 is 118 Å². The van der Waals surface area contributed by atoms with Gasteiger partial charge in [0, 0.05) is 5.40 Å². The van der Waals surface area contributed by atoms with Crippen molar-refractivity contribution in [2.75, 3.05) is 0 Å². The zero-order valence-electron chi connectivity index (χ0n) is 15.3. The molecule has 1 rings (SSSR count). The normalized spacial score (nSPS) is 11.0. The van der Waals surface area contributed by atoms with Crippen molar-refractivity contribution >= 4 is 21.3 Å². The van der Waals surface area contributed by atoms with E-state index in [1.807, 2.05) is 0 Å². The van der Waals surface area contributed by atoms with Crippen molar-refractivity contribution in [2.24, 2.45) is 0 Å². The third-order valence-electron chi connectivity index (χ3n) is 2.66. The molecule has 0 atom stereocenters. The molecule has 0 N–H and O–H groups in total. The van der Waals surface area contributed by atoms with E-state index in [1.54, 1.807) is 31.2 Å². The number of rotatable bonds is 6. The van der Waals surface area contributed by atoms with E-state index in [2.05, 4.69) is 6.58 Å². The van der Waals surface area contributed by atoms with Gasteiger partial charge in [0.2, 0.25) is 0 Å². The first-order valence-electron chi connectivity index (χ1n) is 5.96. The first-order chi connectivity index (χ1) is 9.50. The fourth-order valence-electron chi connectivity index (χ4n) is 1.67. The molecule has 0 amide bonds. The zero-order chi connectivity index (χ0) is 16.3. The van der Waals surface area contributed by atoms with Crippen LogP contribution in [0, 0.1) is 0 Å². The van der Waals surface area contributed by atoms with Gasteiger partial charge in [0.05, 0.1) is 0 Å². The van der Waals surface area contributed by atoms with Crippen LogP contribution in [0.3, 0.4) is 0 Å². The fourth-order valence-corrected chi connectivity index (χ4v) is 3.92. The molecule has 6 nitrogen and oxygen atoms in total. The Labute approximate surface area is 236 Å². The molecule has 0 heterocycles. The predicted molar refractivity (Wildman–Crippen MR) is 73.0 cm³/mol. The second kappa shape index (κ2) is 15.8. The maximum atomic E-state index is 11.0. The summed E-state index contributed by atoms with van der Waals surface area (Å²) in [6.45, 7) is 5.46. The van der Waals surface area contributed by atoms with Crippen molar-refractivity contribution in [1.29, 1.82) is 0 Å². The molecule has 0 unspecified atom stereocenters. The summed E-state index contributed by atoms with van der Waals surface area (Å²) in [6, 6.07) is 6.25. The zero-order valence-corrected chi connectivity index (χ0v) is 25.1. The van der Waals surface area contributed by atoms with Crippen LogP contribution < -0.4 is 138 Å². The molecule has 116 valence electrons. The van der Waals surface area contributed by atoms with E-state index in [1.165, 1.54) is 12.1 Å². The van der Waals surface area contributed by atoms with Crippen LogP contribution in [0.1, 0.15) is 18.1 Å². The predicted octanol–water partition coefficient (Wildman–Crippen LogP) is -12.0. The standard InChI is InChI=1S/C13H18O6P2.4Na/c1-10(2)6-7-11-4-3-5-12(8-11)9-13(20(14,15)16)21(17,18)19;;;;/h3-8,13H,1,9H2,2H3,(H2,14,15,16)(H2,17,18,19);;;;/q;4*+1/p-4. The first kappa shape index (κ1) is 35.4. The van der Waals surface area contributed by atoms with E-state index < -0.39 is 27.0 Å². The SMILES string of the molecule is C=C(C)C=Cc1cccc(CC(P(=O)([O-])[O-])P(=O)([O-])[O-])c1.[Na+].[Na+].[Na+].[Na+]. The Morgan fingerprint density at radius 2 is 1.56 bits per heavy atom. The molecule has 0 aromatic heterocycles. The van der Waals surface area contributed by atoms with E-state index in [9.17, 15) is 28.7 Å². The Morgan fingerprint density at radius 3 is 1.96 bits per heavy atom. The van der Waals surface area contributed by atoms with Gasteiger partial charge in [0.25, 0.3) is 0 Å². The van der Waals surface area contributed by atoms with Crippen molar-refractivity contribution in [1.82, 2.24) is 0 Å². The Hall–Kier alpha value is 3.00. The molecule has 0 aliphatic rings. The van der Waals surface area contributed by atoms with E-state index >= 15 is 0 Å². The van der Waals surface area contributed by atoms with Gasteiger partial charge in [-0.2, -0.15) is 0 Å². The summed E-state index contributed by atoms with van der Waals surface area (Å²) in [7, 11) is -11.1. The largest absolute Gasteiger partial charge is 1.00 e. The van der Waals surface area contributed by atoms with Crippen LogP contribution in [0.15, 0.2) is 42.5 Å². The van der Waals surface area contributed by atoms with Gasteiger partial charge in [-0.1, -0.05) is 63.8 Å². The molecule has 1 aromatic carbocycles. The van der Waals surface area contributed by atoms with Gasteiger partial charge in [-0.3, -0.25) is 0 Å². The summed E-state index contributed by atoms with van der Waals surface area (Å²) in [5.41, 5.74) is 1.75. The Kier molecular flexibility index (Phi) is 22.4. The minimum atomic E-state index is -5.53. The number of allylic oxidation sites excluding steroid dienone is 2. The molecular formula is C13H14Na4O6P2. The van der Waals surface area contributed by atoms with E-state index in [0.29, 0.717) is 5.56 Å². The fraction of sp³-hybridized carbons (Fsp3) is 0.231. The molecule has 0 spiro atoms. The average molecular weight is 420 g/mol. The molecule has 25 heavy (non-hydrogen) atoms. The van der Waals surface area contributed by atoms with Crippen molar-refractivity contribution in [3.8, 4) is 0 Å². The molecule has 1 aromatic rings. The van der Waals surface area contributed by atoms with Crippen molar-refractivity contribution in [2.45, 2.75) is 18.7 Å². The van der Waals surface area contributed by atoms with Gasteiger partial charge in [-0.05, 0) is 24.5 Å².